The van der Waals surface area contributed by atoms with E-state index in [-0.39, 0.29) is 30.0 Å². The summed E-state index contributed by atoms with van der Waals surface area (Å²) in [6.07, 6.45) is 1.30. The lowest BCUT2D eigenvalue weighted by Crippen LogP contribution is -2.37. The van der Waals surface area contributed by atoms with Gasteiger partial charge in [0.25, 0.3) is 0 Å². The molecule has 5 heteroatoms. The number of carbonyl (C=O) groups is 1. The summed E-state index contributed by atoms with van der Waals surface area (Å²) in [5.74, 6) is -0.388. The van der Waals surface area contributed by atoms with E-state index in [1.54, 1.807) is 6.07 Å². The van der Waals surface area contributed by atoms with Gasteiger partial charge in [0, 0.05) is 19.0 Å². The van der Waals surface area contributed by atoms with Gasteiger partial charge >= 0.3 is 0 Å². The van der Waals surface area contributed by atoms with Crippen molar-refractivity contribution < 1.29 is 9.18 Å². The van der Waals surface area contributed by atoms with Gasteiger partial charge in [0.15, 0.2) is 0 Å². The van der Waals surface area contributed by atoms with Crippen LogP contribution in [0.1, 0.15) is 24.5 Å². The molecule has 0 fully saturated rings. The molecule has 2 N–H and O–H groups in total. The number of hydrogen-bond donors (Lipinski definition) is 1. The largest absolute Gasteiger partial charge is 0.338 e. The molecule has 0 bridgehead atoms. The summed E-state index contributed by atoms with van der Waals surface area (Å²) in [6, 6.07) is 16.4. The fraction of sp³-hybridized carbons (Fsp3) is 0.350. The van der Waals surface area contributed by atoms with E-state index in [1.807, 2.05) is 48.2 Å². The maximum Gasteiger partial charge on any atom is 0.226 e. The number of hydrogen-bond acceptors (Lipinski definition) is 2. The molecule has 1 atom stereocenters. The van der Waals surface area contributed by atoms with Crippen molar-refractivity contribution in [3.63, 3.8) is 0 Å². The van der Waals surface area contributed by atoms with E-state index in [9.17, 15) is 9.18 Å². The molecule has 2 aromatic carbocycles. The summed E-state index contributed by atoms with van der Waals surface area (Å²) in [5.41, 5.74) is 7.55. The van der Waals surface area contributed by atoms with Gasteiger partial charge in [-0.25, -0.2) is 4.39 Å². The molecule has 3 nitrogen and oxygen atoms in total. The van der Waals surface area contributed by atoms with E-state index in [2.05, 4.69) is 0 Å². The number of nitrogens with zero attached hydrogens (tertiary/aromatic N) is 1. The smallest absolute Gasteiger partial charge is 0.226 e. The molecule has 0 spiro atoms. The van der Waals surface area contributed by atoms with Gasteiger partial charge in [-0.15, -0.1) is 12.4 Å². The van der Waals surface area contributed by atoms with Gasteiger partial charge in [0.1, 0.15) is 5.82 Å². The predicted molar refractivity (Wildman–Crippen MR) is 102 cm³/mol. The van der Waals surface area contributed by atoms with E-state index >= 15 is 0 Å². The number of amides is 1. The molecule has 0 aliphatic carbocycles. The second kappa shape index (κ2) is 10.9. The lowest BCUT2D eigenvalue weighted by molar-refractivity contribution is -0.135. The van der Waals surface area contributed by atoms with E-state index in [0.717, 1.165) is 17.5 Å². The molecule has 25 heavy (non-hydrogen) atoms. The Labute approximate surface area is 155 Å². The van der Waals surface area contributed by atoms with Crippen molar-refractivity contribution in [3.05, 3.63) is 71.5 Å². The van der Waals surface area contributed by atoms with Crippen molar-refractivity contribution in [3.8, 4) is 0 Å². The molecule has 0 saturated heterocycles. The zero-order valence-electron chi connectivity index (χ0n) is 14.5. The minimum absolute atomic E-state index is 0. The topological polar surface area (TPSA) is 46.3 Å². The van der Waals surface area contributed by atoms with Crippen LogP contribution in [-0.2, 0) is 17.8 Å². The van der Waals surface area contributed by atoms with E-state index in [1.165, 1.54) is 12.1 Å². The van der Waals surface area contributed by atoms with Crippen LogP contribution >= 0.6 is 12.4 Å². The highest BCUT2D eigenvalue weighted by atomic mass is 35.5. The van der Waals surface area contributed by atoms with Crippen LogP contribution in [0.15, 0.2) is 54.6 Å². The van der Waals surface area contributed by atoms with Crippen LogP contribution in [0.5, 0.6) is 0 Å². The average Bonchev–Trinajstić information content (AvgIpc) is 2.59. The average molecular weight is 365 g/mol. The van der Waals surface area contributed by atoms with Crippen molar-refractivity contribution in [1.82, 2.24) is 4.90 Å². The molecule has 0 aliphatic heterocycles. The predicted octanol–water partition coefficient (Wildman–Crippen LogP) is 3.80. The molecule has 2 aromatic rings. The zero-order valence-corrected chi connectivity index (χ0v) is 15.3. The number of nitrogens with two attached hydrogens (primary N) is 1. The van der Waals surface area contributed by atoms with Crippen LogP contribution in [0.2, 0.25) is 0 Å². The number of carbonyl (C=O) groups excluding carboxylic acids is 1. The monoisotopic (exact) mass is 364 g/mol. The molecule has 0 heterocycles. The van der Waals surface area contributed by atoms with Gasteiger partial charge in [-0.2, -0.15) is 0 Å². The Morgan fingerprint density at radius 1 is 1.12 bits per heavy atom. The van der Waals surface area contributed by atoms with Crippen molar-refractivity contribution in [2.24, 2.45) is 11.7 Å². The van der Waals surface area contributed by atoms with Crippen molar-refractivity contribution in [1.29, 1.82) is 0 Å². The standard InChI is InChI=1S/C20H25FN2O.ClH/c1-16(13-18-9-5-10-19(21)14-18)20(24)23(12-6-11-22)15-17-7-3-2-4-8-17;/h2-5,7-10,14,16H,6,11-13,15,22H2,1H3;1H. The van der Waals surface area contributed by atoms with Crippen LogP contribution in [0, 0.1) is 11.7 Å². The first-order chi connectivity index (χ1) is 11.6. The van der Waals surface area contributed by atoms with E-state index in [4.69, 9.17) is 5.73 Å². The SMILES string of the molecule is CC(Cc1cccc(F)c1)C(=O)N(CCCN)Cc1ccccc1.Cl. The van der Waals surface area contributed by atoms with Gasteiger partial charge in [-0.1, -0.05) is 49.4 Å². The third-order valence-corrected chi connectivity index (χ3v) is 4.01. The summed E-state index contributed by atoms with van der Waals surface area (Å²) in [4.78, 5) is 14.7. The molecule has 1 amide bonds. The van der Waals surface area contributed by atoms with E-state index in [0.29, 0.717) is 26.1 Å². The van der Waals surface area contributed by atoms with Crippen LogP contribution in [0.25, 0.3) is 0 Å². The Bertz CT molecular complexity index is 651. The maximum atomic E-state index is 13.3. The first-order valence-electron chi connectivity index (χ1n) is 8.37. The zero-order chi connectivity index (χ0) is 17.4. The maximum absolute atomic E-state index is 13.3. The molecule has 136 valence electrons. The van der Waals surface area contributed by atoms with Gasteiger partial charge in [0.2, 0.25) is 5.91 Å². The Kier molecular flexibility index (Phi) is 9.17. The van der Waals surface area contributed by atoms with Gasteiger partial charge in [-0.05, 0) is 42.6 Å². The Morgan fingerprint density at radius 3 is 2.44 bits per heavy atom. The van der Waals surface area contributed by atoms with Crippen molar-refractivity contribution >= 4 is 18.3 Å². The minimum atomic E-state index is -0.267. The van der Waals surface area contributed by atoms with E-state index < -0.39 is 0 Å². The highest BCUT2D eigenvalue weighted by Gasteiger charge is 2.21. The fourth-order valence-electron chi connectivity index (χ4n) is 2.77. The first kappa shape index (κ1) is 21.1. The second-order valence-corrected chi connectivity index (χ2v) is 6.12. The highest BCUT2D eigenvalue weighted by molar-refractivity contribution is 5.85. The number of rotatable bonds is 8. The van der Waals surface area contributed by atoms with Crippen molar-refractivity contribution in [2.45, 2.75) is 26.3 Å². The molecular formula is C20H26ClFN2O. The molecule has 0 aliphatic rings. The Hall–Kier alpha value is -1.91. The summed E-state index contributed by atoms with van der Waals surface area (Å²) < 4.78 is 13.3. The molecular weight excluding hydrogens is 339 g/mol. The number of halogens is 2. The first-order valence-corrected chi connectivity index (χ1v) is 8.37. The molecule has 1 unspecified atom stereocenters. The number of benzene rings is 2. The highest BCUT2D eigenvalue weighted by Crippen LogP contribution is 2.15. The van der Waals surface area contributed by atoms with Crippen LogP contribution in [-0.4, -0.2) is 23.9 Å². The quantitative estimate of drug-likeness (QED) is 0.774. The molecule has 0 aromatic heterocycles. The summed E-state index contributed by atoms with van der Waals surface area (Å²) >= 11 is 0. The molecule has 2 rings (SSSR count). The minimum Gasteiger partial charge on any atom is -0.338 e. The third-order valence-electron chi connectivity index (χ3n) is 4.01. The molecule has 0 radical (unpaired) electrons. The van der Waals surface area contributed by atoms with Crippen LogP contribution in [0.4, 0.5) is 4.39 Å². The van der Waals surface area contributed by atoms with Crippen LogP contribution < -0.4 is 5.73 Å². The third kappa shape index (κ3) is 6.85. The summed E-state index contributed by atoms with van der Waals surface area (Å²) in [5, 5.41) is 0. The van der Waals surface area contributed by atoms with Crippen molar-refractivity contribution in [2.75, 3.05) is 13.1 Å². The summed E-state index contributed by atoms with van der Waals surface area (Å²) in [7, 11) is 0. The summed E-state index contributed by atoms with van der Waals surface area (Å²) in [6.45, 7) is 3.66. The van der Waals surface area contributed by atoms with Gasteiger partial charge in [-0.3, -0.25) is 4.79 Å². The Morgan fingerprint density at radius 2 is 1.80 bits per heavy atom. The normalized spacial score (nSPS) is 11.5. The lowest BCUT2D eigenvalue weighted by Gasteiger charge is -2.26. The van der Waals surface area contributed by atoms with Crippen LogP contribution in [0.3, 0.4) is 0 Å². The fourth-order valence-corrected chi connectivity index (χ4v) is 2.77. The second-order valence-electron chi connectivity index (χ2n) is 6.12. The lowest BCUT2D eigenvalue weighted by atomic mass is 9.99. The molecule has 0 saturated carbocycles. The van der Waals surface area contributed by atoms with Gasteiger partial charge < -0.3 is 10.6 Å². The Balaban J connectivity index is 0.00000312. The van der Waals surface area contributed by atoms with Gasteiger partial charge in [0.05, 0.1) is 0 Å².